The highest BCUT2D eigenvalue weighted by Gasteiger charge is 2.33. The normalized spacial score (nSPS) is 29.2. The first-order valence-corrected chi connectivity index (χ1v) is 11.5. The number of nitrogens with zero attached hydrogens (tertiary/aromatic N) is 2. The molecule has 1 N–H and O–H groups in total. The fourth-order valence-electron chi connectivity index (χ4n) is 5.01. The number of rotatable bonds is 3. The largest absolute Gasteiger partial charge is 0.366 e. The fourth-order valence-corrected chi connectivity index (χ4v) is 5.01. The molecule has 3 rings (SSSR count). The first-order chi connectivity index (χ1) is 13.6. The lowest BCUT2D eigenvalue weighted by molar-refractivity contribution is -0.149. The molecule has 2 aliphatic heterocycles. The summed E-state index contributed by atoms with van der Waals surface area (Å²) >= 11 is 0. The van der Waals surface area contributed by atoms with Crippen LogP contribution in [0.3, 0.4) is 0 Å². The molecule has 28 heavy (non-hydrogen) atoms. The van der Waals surface area contributed by atoms with Crippen molar-refractivity contribution in [3.8, 4) is 0 Å². The minimum absolute atomic E-state index is 0.0324. The van der Waals surface area contributed by atoms with Gasteiger partial charge >= 0.3 is 0 Å². The Morgan fingerprint density at radius 3 is 1.96 bits per heavy atom. The predicted octanol–water partition coefficient (Wildman–Crippen LogP) is 2.71. The smallest absolute Gasteiger partial charge is 0.251 e. The average Bonchev–Trinajstić information content (AvgIpc) is 2.72. The Hall–Kier alpha value is -1.14. The van der Waals surface area contributed by atoms with Crippen molar-refractivity contribution < 1.29 is 14.3 Å². The van der Waals surface area contributed by atoms with E-state index in [0.29, 0.717) is 19.1 Å². The minimum atomic E-state index is -0.329. The van der Waals surface area contributed by atoms with Gasteiger partial charge in [0, 0.05) is 39.1 Å². The maximum absolute atomic E-state index is 12.8. The van der Waals surface area contributed by atoms with Crippen molar-refractivity contribution in [2.75, 3.05) is 32.8 Å². The van der Waals surface area contributed by atoms with Crippen LogP contribution in [-0.4, -0.2) is 72.6 Å². The van der Waals surface area contributed by atoms with Gasteiger partial charge in [-0.15, -0.1) is 0 Å². The summed E-state index contributed by atoms with van der Waals surface area (Å²) in [7, 11) is 0. The molecule has 0 bridgehead atoms. The lowest BCUT2D eigenvalue weighted by Crippen LogP contribution is -2.55. The number of amides is 2. The Morgan fingerprint density at radius 1 is 0.821 bits per heavy atom. The molecule has 2 heterocycles. The number of carbonyl (C=O) groups is 2. The van der Waals surface area contributed by atoms with Crippen molar-refractivity contribution in [1.29, 1.82) is 0 Å². The predicted molar refractivity (Wildman–Crippen MR) is 110 cm³/mol. The van der Waals surface area contributed by atoms with Crippen LogP contribution in [-0.2, 0) is 14.3 Å². The molecule has 0 aromatic rings. The molecule has 2 atom stereocenters. The first-order valence-electron chi connectivity index (χ1n) is 11.5. The Balaban J connectivity index is 1.41. The van der Waals surface area contributed by atoms with E-state index >= 15 is 0 Å². The third kappa shape index (κ3) is 6.45. The van der Waals surface area contributed by atoms with Crippen LogP contribution >= 0.6 is 0 Å². The van der Waals surface area contributed by atoms with Crippen LogP contribution in [0.2, 0.25) is 0 Å². The number of ether oxygens (including phenoxy) is 1. The molecule has 6 nitrogen and oxygen atoms in total. The topological polar surface area (TPSA) is 61.9 Å². The lowest BCUT2D eigenvalue weighted by Gasteiger charge is -2.41. The SMILES string of the molecule is CC(=O)NC1CCC(C(=O)N2CCN(C3CCCCCCCCC3)CC2)OC1. The summed E-state index contributed by atoms with van der Waals surface area (Å²) in [5.41, 5.74) is 0. The van der Waals surface area contributed by atoms with Gasteiger partial charge in [-0.1, -0.05) is 44.9 Å². The van der Waals surface area contributed by atoms with Crippen molar-refractivity contribution in [3.63, 3.8) is 0 Å². The maximum atomic E-state index is 12.8. The van der Waals surface area contributed by atoms with Crippen LogP contribution in [0.25, 0.3) is 0 Å². The molecule has 2 unspecified atom stereocenters. The average molecular weight is 394 g/mol. The molecule has 3 fully saturated rings. The standard InChI is InChI=1S/C22H39N3O3/c1-18(26)23-19-11-12-21(28-17-19)22(27)25-15-13-24(14-16-25)20-9-7-5-3-2-4-6-8-10-20/h19-21H,2-17H2,1H3,(H,23,26). The highest BCUT2D eigenvalue weighted by molar-refractivity contribution is 5.81. The van der Waals surface area contributed by atoms with Crippen LogP contribution in [0.5, 0.6) is 0 Å². The van der Waals surface area contributed by atoms with Crippen LogP contribution in [0.15, 0.2) is 0 Å². The molecule has 1 saturated carbocycles. The van der Waals surface area contributed by atoms with Gasteiger partial charge in [-0.05, 0) is 25.7 Å². The number of carbonyl (C=O) groups excluding carboxylic acids is 2. The van der Waals surface area contributed by atoms with E-state index in [4.69, 9.17) is 4.74 Å². The quantitative estimate of drug-likeness (QED) is 0.801. The van der Waals surface area contributed by atoms with Crippen LogP contribution in [0, 0.1) is 0 Å². The van der Waals surface area contributed by atoms with Gasteiger partial charge < -0.3 is 15.0 Å². The van der Waals surface area contributed by atoms with Gasteiger partial charge in [-0.3, -0.25) is 14.5 Å². The summed E-state index contributed by atoms with van der Waals surface area (Å²) in [6, 6.07) is 0.755. The number of hydrogen-bond acceptors (Lipinski definition) is 4. The van der Waals surface area contributed by atoms with E-state index in [1.54, 1.807) is 0 Å². The summed E-state index contributed by atoms with van der Waals surface area (Å²) in [5, 5.41) is 2.89. The van der Waals surface area contributed by atoms with Gasteiger partial charge in [0.1, 0.15) is 6.10 Å². The second-order valence-corrected chi connectivity index (χ2v) is 8.86. The summed E-state index contributed by atoms with van der Waals surface area (Å²) < 4.78 is 5.79. The molecule has 6 heteroatoms. The number of piperazine rings is 1. The molecular formula is C22H39N3O3. The van der Waals surface area contributed by atoms with Crippen LogP contribution in [0.4, 0.5) is 0 Å². The molecule has 2 amide bonds. The summed E-state index contributed by atoms with van der Waals surface area (Å²) in [6.45, 7) is 5.61. The summed E-state index contributed by atoms with van der Waals surface area (Å²) in [6.07, 6.45) is 13.5. The maximum Gasteiger partial charge on any atom is 0.251 e. The van der Waals surface area contributed by atoms with Crippen LogP contribution in [0.1, 0.15) is 77.6 Å². The summed E-state index contributed by atoms with van der Waals surface area (Å²) in [5.74, 6) is 0.113. The molecule has 0 aromatic carbocycles. The molecule has 3 aliphatic rings. The van der Waals surface area contributed by atoms with E-state index in [0.717, 1.165) is 32.6 Å². The van der Waals surface area contributed by atoms with E-state index in [2.05, 4.69) is 10.2 Å². The van der Waals surface area contributed by atoms with Gasteiger partial charge in [0.2, 0.25) is 5.91 Å². The third-order valence-electron chi connectivity index (χ3n) is 6.68. The van der Waals surface area contributed by atoms with E-state index in [1.807, 2.05) is 4.90 Å². The van der Waals surface area contributed by atoms with E-state index < -0.39 is 0 Å². The summed E-state index contributed by atoms with van der Waals surface area (Å²) in [4.78, 5) is 28.6. The molecule has 0 aromatic heterocycles. The van der Waals surface area contributed by atoms with Gasteiger partial charge in [0.25, 0.3) is 5.91 Å². The second kappa shape index (κ2) is 11.1. The van der Waals surface area contributed by atoms with Crippen molar-refractivity contribution >= 4 is 11.8 Å². The Kier molecular flexibility index (Phi) is 8.59. The highest BCUT2D eigenvalue weighted by atomic mass is 16.5. The third-order valence-corrected chi connectivity index (χ3v) is 6.68. The zero-order valence-electron chi connectivity index (χ0n) is 17.7. The lowest BCUT2D eigenvalue weighted by atomic mass is 9.96. The molecule has 1 aliphatic carbocycles. The van der Waals surface area contributed by atoms with E-state index in [9.17, 15) is 9.59 Å². The van der Waals surface area contributed by atoms with Crippen LogP contribution < -0.4 is 5.32 Å². The van der Waals surface area contributed by atoms with E-state index in [1.165, 1.54) is 64.7 Å². The molecule has 2 saturated heterocycles. The molecule has 0 radical (unpaired) electrons. The van der Waals surface area contributed by atoms with Gasteiger partial charge in [-0.25, -0.2) is 0 Å². The Labute approximate surface area is 170 Å². The molecule has 0 spiro atoms. The van der Waals surface area contributed by atoms with Gasteiger partial charge in [-0.2, -0.15) is 0 Å². The van der Waals surface area contributed by atoms with Crippen molar-refractivity contribution in [2.24, 2.45) is 0 Å². The number of hydrogen-bond donors (Lipinski definition) is 1. The zero-order chi connectivity index (χ0) is 19.8. The molecular weight excluding hydrogens is 354 g/mol. The molecule has 160 valence electrons. The van der Waals surface area contributed by atoms with Gasteiger partial charge in [0.05, 0.1) is 12.6 Å². The minimum Gasteiger partial charge on any atom is -0.366 e. The fraction of sp³-hybridized carbons (Fsp3) is 0.909. The first kappa shape index (κ1) is 21.6. The van der Waals surface area contributed by atoms with Crippen molar-refractivity contribution in [3.05, 3.63) is 0 Å². The zero-order valence-corrected chi connectivity index (χ0v) is 17.7. The monoisotopic (exact) mass is 393 g/mol. The highest BCUT2D eigenvalue weighted by Crippen LogP contribution is 2.23. The second-order valence-electron chi connectivity index (χ2n) is 8.86. The number of nitrogens with one attached hydrogen (secondary N) is 1. The van der Waals surface area contributed by atoms with Crippen molar-refractivity contribution in [1.82, 2.24) is 15.1 Å². The Bertz CT molecular complexity index is 487. The van der Waals surface area contributed by atoms with Crippen molar-refractivity contribution in [2.45, 2.75) is 95.7 Å². The van der Waals surface area contributed by atoms with Gasteiger partial charge in [0.15, 0.2) is 0 Å². The van der Waals surface area contributed by atoms with E-state index in [-0.39, 0.29) is 24.0 Å². The Morgan fingerprint density at radius 2 is 1.43 bits per heavy atom.